The first-order chi connectivity index (χ1) is 15.1. The van der Waals surface area contributed by atoms with Crippen molar-refractivity contribution in [3.63, 3.8) is 0 Å². The first kappa shape index (κ1) is 21.8. The Kier molecular flexibility index (Phi) is 6.89. The van der Waals surface area contributed by atoms with Crippen molar-refractivity contribution in [1.82, 2.24) is 15.0 Å². The minimum atomic E-state index is -0.278. The van der Waals surface area contributed by atoms with Gasteiger partial charge in [0.05, 0.1) is 17.7 Å². The van der Waals surface area contributed by atoms with Gasteiger partial charge in [-0.25, -0.2) is 10.5 Å². The lowest BCUT2D eigenvalue weighted by molar-refractivity contribution is -0.131. The molecule has 1 atom stereocenters. The minimum absolute atomic E-state index is 0.0415. The standard InChI is InChI=1S/C23H25N3O3S2/c1-3-11-26-22(28)20-17-10-9-15(2)12-18(17)31-21(20)24-23(26)30-14-19(27)25-29-13-16-7-5-4-6-8-16/h3-8,15H,1,9-14H2,2H3,(H,25,27). The Hall–Kier alpha value is -2.42. The molecular formula is C23H25N3O3S2. The van der Waals surface area contributed by atoms with Gasteiger partial charge in [-0.15, -0.1) is 17.9 Å². The zero-order valence-electron chi connectivity index (χ0n) is 17.4. The van der Waals surface area contributed by atoms with E-state index in [0.29, 0.717) is 24.2 Å². The summed E-state index contributed by atoms with van der Waals surface area (Å²) in [5.74, 6) is 0.454. The highest BCUT2D eigenvalue weighted by Crippen LogP contribution is 2.36. The zero-order valence-corrected chi connectivity index (χ0v) is 19.1. The molecule has 0 bridgehead atoms. The maximum Gasteiger partial charge on any atom is 0.263 e. The Morgan fingerprint density at radius 1 is 1.42 bits per heavy atom. The van der Waals surface area contributed by atoms with E-state index in [-0.39, 0.29) is 17.2 Å². The van der Waals surface area contributed by atoms with Crippen molar-refractivity contribution in [2.24, 2.45) is 5.92 Å². The lowest BCUT2D eigenvalue weighted by Crippen LogP contribution is -2.27. The first-order valence-corrected chi connectivity index (χ1v) is 12.1. The number of thiophene rings is 1. The van der Waals surface area contributed by atoms with Crippen LogP contribution in [0, 0.1) is 5.92 Å². The summed E-state index contributed by atoms with van der Waals surface area (Å²) in [6, 6.07) is 9.61. The maximum atomic E-state index is 13.3. The van der Waals surface area contributed by atoms with Gasteiger partial charge in [0.2, 0.25) is 0 Å². The molecule has 1 aromatic carbocycles. The average Bonchev–Trinajstić information content (AvgIpc) is 3.12. The van der Waals surface area contributed by atoms with E-state index in [1.54, 1.807) is 22.0 Å². The Labute approximate surface area is 189 Å². The normalized spacial score (nSPS) is 15.6. The van der Waals surface area contributed by atoms with E-state index in [0.717, 1.165) is 40.6 Å². The molecule has 0 aliphatic heterocycles. The molecule has 0 fully saturated rings. The van der Waals surface area contributed by atoms with Gasteiger partial charge in [-0.3, -0.25) is 19.0 Å². The highest BCUT2D eigenvalue weighted by molar-refractivity contribution is 7.99. The third-order valence-corrected chi connectivity index (χ3v) is 7.42. The van der Waals surface area contributed by atoms with E-state index in [2.05, 4.69) is 19.0 Å². The molecule has 31 heavy (non-hydrogen) atoms. The Balaban J connectivity index is 1.49. The van der Waals surface area contributed by atoms with Gasteiger partial charge in [-0.05, 0) is 36.3 Å². The molecule has 3 aromatic rings. The van der Waals surface area contributed by atoms with Crippen molar-refractivity contribution in [3.8, 4) is 0 Å². The van der Waals surface area contributed by atoms with E-state index >= 15 is 0 Å². The second-order valence-electron chi connectivity index (χ2n) is 7.72. The lowest BCUT2D eigenvalue weighted by Gasteiger charge is -2.17. The van der Waals surface area contributed by atoms with Crippen LogP contribution in [0.2, 0.25) is 0 Å². The number of hydrogen-bond acceptors (Lipinski definition) is 6. The molecule has 1 aliphatic carbocycles. The number of hydroxylamine groups is 1. The molecule has 2 aromatic heterocycles. The molecule has 0 saturated heterocycles. The predicted octanol–water partition coefficient (Wildman–Crippen LogP) is 4.11. The van der Waals surface area contributed by atoms with Gasteiger partial charge in [-0.2, -0.15) is 0 Å². The van der Waals surface area contributed by atoms with Crippen molar-refractivity contribution in [2.45, 2.75) is 44.5 Å². The van der Waals surface area contributed by atoms with Gasteiger partial charge >= 0.3 is 0 Å². The maximum absolute atomic E-state index is 13.3. The van der Waals surface area contributed by atoms with Crippen molar-refractivity contribution < 1.29 is 9.63 Å². The molecule has 162 valence electrons. The summed E-state index contributed by atoms with van der Waals surface area (Å²) in [5, 5.41) is 1.27. The molecule has 0 radical (unpaired) electrons. The van der Waals surface area contributed by atoms with E-state index in [9.17, 15) is 9.59 Å². The van der Waals surface area contributed by atoms with Crippen LogP contribution in [-0.2, 0) is 35.6 Å². The molecule has 8 heteroatoms. The summed E-state index contributed by atoms with van der Waals surface area (Å²) >= 11 is 2.85. The average molecular weight is 456 g/mol. The van der Waals surface area contributed by atoms with Crippen LogP contribution in [0.5, 0.6) is 0 Å². The molecule has 6 nitrogen and oxygen atoms in total. The van der Waals surface area contributed by atoms with Gasteiger partial charge in [0, 0.05) is 11.4 Å². The summed E-state index contributed by atoms with van der Waals surface area (Å²) < 4.78 is 1.61. The minimum Gasteiger partial charge on any atom is -0.283 e. The number of hydrogen-bond donors (Lipinski definition) is 1. The Bertz CT molecular complexity index is 1150. The number of aryl methyl sites for hydroxylation is 1. The number of aromatic nitrogens is 2. The molecule has 2 heterocycles. The number of fused-ring (bicyclic) bond motifs is 3. The van der Waals surface area contributed by atoms with E-state index in [4.69, 9.17) is 9.82 Å². The fourth-order valence-corrected chi connectivity index (χ4v) is 5.96. The number of nitrogens with zero attached hydrogens (tertiary/aromatic N) is 2. The second-order valence-corrected chi connectivity index (χ2v) is 9.75. The molecule has 0 spiro atoms. The van der Waals surface area contributed by atoms with E-state index in [1.807, 2.05) is 30.3 Å². The SMILES string of the molecule is C=CCn1c(SCC(=O)NOCc2ccccc2)nc2sc3c(c2c1=O)CCC(C)C3. The topological polar surface area (TPSA) is 73.2 Å². The molecular weight excluding hydrogens is 430 g/mol. The first-order valence-electron chi connectivity index (χ1n) is 10.3. The highest BCUT2D eigenvalue weighted by Gasteiger charge is 2.24. The summed E-state index contributed by atoms with van der Waals surface area (Å²) in [6.07, 6.45) is 4.71. The third kappa shape index (κ3) is 4.92. The van der Waals surface area contributed by atoms with Gasteiger partial charge in [0.15, 0.2) is 5.16 Å². The van der Waals surface area contributed by atoms with Gasteiger partial charge in [0.25, 0.3) is 11.5 Å². The van der Waals surface area contributed by atoms with E-state index < -0.39 is 0 Å². The summed E-state index contributed by atoms with van der Waals surface area (Å²) in [4.78, 5) is 37.6. The van der Waals surface area contributed by atoms with Crippen LogP contribution in [0.25, 0.3) is 10.2 Å². The summed E-state index contributed by atoms with van der Waals surface area (Å²) in [5.41, 5.74) is 4.55. The number of rotatable bonds is 8. The van der Waals surface area contributed by atoms with Crippen LogP contribution in [0.4, 0.5) is 0 Å². The van der Waals surface area contributed by atoms with Crippen LogP contribution in [0.15, 0.2) is 52.9 Å². The number of carbonyl (C=O) groups is 1. The van der Waals surface area contributed by atoms with Crippen LogP contribution in [0.3, 0.4) is 0 Å². The number of nitrogens with one attached hydrogen (secondary N) is 1. The number of allylic oxidation sites excluding steroid dienone is 1. The molecule has 0 saturated carbocycles. The number of amides is 1. The molecule has 1 N–H and O–H groups in total. The molecule has 4 rings (SSSR count). The van der Waals surface area contributed by atoms with Crippen LogP contribution < -0.4 is 11.0 Å². The molecule has 1 unspecified atom stereocenters. The zero-order chi connectivity index (χ0) is 21.8. The number of carbonyl (C=O) groups excluding carboxylic acids is 1. The summed E-state index contributed by atoms with van der Waals surface area (Å²) in [6.45, 7) is 6.67. The van der Waals surface area contributed by atoms with Crippen LogP contribution >= 0.6 is 23.1 Å². The van der Waals surface area contributed by atoms with Crippen molar-refractivity contribution >= 4 is 39.2 Å². The Morgan fingerprint density at radius 2 is 2.23 bits per heavy atom. The highest BCUT2D eigenvalue weighted by atomic mass is 32.2. The Morgan fingerprint density at radius 3 is 3.00 bits per heavy atom. The fraction of sp³-hybridized carbons (Fsp3) is 0.348. The molecule has 1 aliphatic rings. The van der Waals surface area contributed by atoms with Gasteiger partial charge in [0.1, 0.15) is 4.83 Å². The van der Waals surface area contributed by atoms with Gasteiger partial charge < -0.3 is 0 Å². The monoisotopic (exact) mass is 455 g/mol. The van der Waals surface area contributed by atoms with Crippen LogP contribution in [0.1, 0.15) is 29.3 Å². The number of thioether (sulfide) groups is 1. The predicted molar refractivity (Wildman–Crippen MR) is 125 cm³/mol. The fourth-order valence-electron chi connectivity index (χ4n) is 3.74. The van der Waals surface area contributed by atoms with Gasteiger partial charge in [-0.1, -0.05) is 55.1 Å². The number of benzene rings is 1. The van der Waals surface area contributed by atoms with Crippen LogP contribution in [-0.4, -0.2) is 21.2 Å². The lowest BCUT2D eigenvalue weighted by atomic mass is 9.89. The van der Waals surface area contributed by atoms with Crippen molar-refractivity contribution in [3.05, 3.63) is 69.3 Å². The van der Waals surface area contributed by atoms with Crippen molar-refractivity contribution in [1.29, 1.82) is 0 Å². The van der Waals surface area contributed by atoms with E-state index in [1.165, 1.54) is 16.6 Å². The summed E-state index contributed by atoms with van der Waals surface area (Å²) in [7, 11) is 0. The van der Waals surface area contributed by atoms with Crippen molar-refractivity contribution in [2.75, 3.05) is 5.75 Å². The third-order valence-electron chi connectivity index (χ3n) is 5.29. The molecule has 1 amide bonds. The smallest absolute Gasteiger partial charge is 0.263 e. The quantitative estimate of drug-likeness (QED) is 0.240. The second kappa shape index (κ2) is 9.80. The largest absolute Gasteiger partial charge is 0.283 e.